The van der Waals surface area contributed by atoms with Gasteiger partial charge in [0.05, 0.1) is 0 Å². The van der Waals surface area contributed by atoms with Gasteiger partial charge in [-0.05, 0) is 0 Å². The summed E-state index contributed by atoms with van der Waals surface area (Å²) in [5.41, 5.74) is 0. The molecule has 1 heteroatoms. The van der Waals surface area contributed by atoms with Crippen LogP contribution in [0.25, 0.3) is 0 Å². The summed E-state index contributed by atoms with van der Waals surface area (Å²) in [6.07, 6.45) is 2.60. The molecule has 0 N–H and O–H groups in total. The van der Waals surface area contributed by atoms with Crippen molar-refractivity contribution >= 4 is 0 Å². The Balaban J connectivity index is 0. The molecule has 0 bridgehead atoms. The number of hydrogen-bond donors (Lipinski definition) is 0. The van der Waals surface area contributed by atoms with Gasteiger partial charge in [-0.25, -0.2) is 0 Å². The molecule has 0 aliphatic heterocycles. The van der Waals surface area contributed by atoms with Gasteiger partial charge < -0.3 is 6.58 Å². The first-order valence-electron chi connectivity index (χ1n) is 1.45. The summed E-state index contributed by atoms with van der Waals surface area (Å²) in [4.78, 5) is 0. The minimum atomic E-state index is 0. The Labute approximate surface area is 45.4 Å². The molecule has 0 aromatic rings. The van der Waals surface area contributed by atoms with Gasteiger partial charge in [-0.15, -0.1) is 0 Å². The quantitative estimate of drug-likeness (QED) is 0.253. The summed E-state index contributed by atoms with van der Waals surface area (Å²) in [7, 11) is 0. The molecule has 0 aromatic heterocycles. The third-order valence-corrected chi connectivity index (χ3v) is 0.236. The Kier molecular flexibility index (Phi) is 15.9. The van der Waals surface area contributed by atoms with Gasteiger partial charge in [0.15, 0.2) is 0 Å². The van der Waals surface area contributed by atoms with Gasteiger partial charge in [-0.2, -0.15) is 0 Å². The molecule has 5 heavy (non-hydrogen) atoms. The molecule has 0 radical (unpaired) electrons. The molecule has 0 spiro atoms. The van der Waals surface area contributed by atoms with Gasteiger partial charge in [0.1, 0.15) is 0 Å². The maximum absolute atomic E-state index is 4.90. The first-order chi connectivity index (χ1) is 1.91. The van der Waals surface area contributed by atoms with Crippen molar-refractivity contribution in [1.29, 1.82) is 0 Å². The molecule has 0 saturated carbocycles. The van der Waals surface area contributed by atoms with Gasteiger partial charge in [0.25, 0.3) is 0 Å². The van der Waals surface area contributed by atoms with E-state index in [0.29, 0.717) is 0 Å². The second-order valence-electron chi connectivity index (χ2n) is 0.644. The molecule has 0 aliphatic carbocycles. The van der Waals surface area contributed by atoms with E-state index in [-0.39, 0.29) is 18.9 Å². The van der Waals surface area contributed by atoms with E-state index in [1.807, 2.05) is 6.92 Å². The summed E-state index contributed by atoms with van der Waals surface area (Å²) < 4.78 is 0. The van der Waals surface area contributed by atoms with Crippen molar-refractivity contribution in [1.82, 2.24) is 0 Å². The Morgan fingerprint density at radius 3 is 2.00 bits per heavy atom. The van der Waals surface area contributed by atoms with Gasteiger partial charge in [-0.3, -0.25) is 6.08 Å². The minimum absolute atomic E-state index is 0. The fourth-order valence-electron chi connectivity index (χ4n) is 0. The molecule has 0 rings (SSSR count). The minimum Gasteiger partial charge on any atom is -0.518 e. The summed E-state index contributed by atoms with van der Waals surface area (Å²) in [6.45, 7) is 6.90. The summed E-state index contributed by atoms with van der Waals surface area (Å²) >= 11 is 0. The number of hydrogen-bond acceptors (Lipinski definition) is 0. The van der Waals surface area contributed by atoms with E-state index in [9.17, 15) is 0 Å². The van der Waals surface area contributed by atoms with Crippen molar-refractivity contribution in [2.24, 2.45) is 0 Å². The van der Waals surface area contributed by atoms with Crippen LogP contribution in [0, 0.1) is 6.58 Å². The maximum Gasteiger partial charge on any atom is 1.00 e. The topological polar surface area (TPSA) is 0 Å². The van der Waals surface area contributed by atoms with Gasteiger partial charge in [0, 0.05) is 0 Å². The van der Waals surface area contributed by atoms with E-state index in [0.717, 1.165) is 6.42 Å². The van der Waals surface area contributed by atoms with Crippen LogP contribution in [0.5, 0.6) is 0 Å². The summed E-state index contributed by atoms with van der Waals surface area (Å²) in [6, 6.07) is 0. The molecule has 0 aliphatic rings. The SMILES string of the molecule is [CH-]=CCC.[Li+]. The Morgan fingerprint density at radius 1 is 1.80 bits per heavy atom. The van der Waals surface area contributed by atoms with E-state index in [2.05, 4.69) is 0 Å². The van der Waals surface area contributed by atoms with Crippen LogP contribution < -0.4 is 18.9 Å². The monoisotopic (exact) mass is 62.1 g/mol. The smallest absolute Gasteiger partial charge is 0.518 e. The van der Waals surface area contributed by atoms with Crippen LogP contribution in [0.15, 0.2) is 6.08 Å². The first-order valence-corrected chi connectivity index (χ1v) is 1.45. The molecular weight excluding hydrogens is 55.0 g/mol. The van der Waals surface area contributed by atoms with Crippen molar-refractivity contribution in [3.63, 3.8) is 0 Å². The Morgan fingerprint density at radius 2 is 2.00 bits per heavy atom. The van der Waals surface area contributed by atoms with Gasteiger partial charge >= 0.3 is 18.9 Å². The van der Waals surface area contributed by atoms with Gasteiger partial charge in [0.2, 0.25) is 0 Å². The molecule has 24 valence electrons. The molecular formula is C4H7Li. The second kappa shape index (κ2) is 8.84. The van der Waals surface area contributed by atoms with E-state index in [1.54, 1.807) is 6.08 Å². The zero-order chi connectivity index (χ0) is 3.41. The number of allylic oxidation sites excluding steroid dienone is 1. The molecule has 0 saturated heterocycles. The maximum atomic E-state index is 4.90. The Bertz CT molecular complexity index is 17.6. The fraction of sp³-hybridized carbons (Fsp3) is 0.500. The van der Waals surface area contributed by atoms with Crippen LogP contribution in [0.1, 0.15) is 13.3 Å². The van der Waals surface area contributed by atoms with Crippen LogP contribution in [0.2, 0.25) is 0 Å². The largest absolute Gasteiger partial charge is 1.00 e. The van der Waals surface area contributed by atoms with Crippen LogP contribution in [-0.4, -0.2) is 0 Å². The van der Waals surface area contributed by atoms with Crippen LogP contribution >= 0.6 is 0 Å². The second-order valence-corrected chi connectivity index (χ2v) is 0.644. The predicted octanol–water partition coefficient (Wildman–Crippen LogP) is -1.61. The Hall–Kier alpha value is 0.337. The zero-order valence-electron chi connectivity index (χ0n) is 3.86. The first kappa shape index (κ1) is 9.02. The molecule has 0 fully saturated rings. The fourth-order valence-corrected chi connectivity index (χ4v) is 0. The van der Waals surface area contributed by atoms with Crippen LogP contribution in [-0.2, 0) is 0 Å². The van der Waals surface area contributed by atoms with Crippen LogP contribution in [0.4, 0.5) is 0 Å². The average molecular weight is 62.0 g/mol. The van der Waals surface area contributed by atoms with Crippen molar-refractivity contribution < 1.29 is 18.9 Å². The summed E-state index contributed by atoms with van der Waals surface area (Å²) in [5.74, 6) is 0. The molecule has 0 amide bonds. The third-order valence-electron chi connectivity index (χ3n) is 0.236. The van der Waals surface area contributed by atoms with E-state index < -0.39 is 0 Å². The summed E-state index contributed by atoms with van der Waals surface area (Å²) in [5, 5.41) is 0. The van der Waals surface area contributed by atoms with Crippen molar-refractivity contribution in [3.8, 4) is 0 Å². The standard InChI is InChI=1S/C4H7.Li/c1-3-4-2;/h1,3H,4H2,2H3;/q-1;+1. The van der Waals surface area contributed by atoms with E-state index in [4.69, 9.17) is 6.58 Å². The van der Waals surface area contributed by atoms with Crippen LogP contribution in [0.3, 0.4) is 0 Å². The normalized spacial score (nSPS) is 5.00. The third kappa shape index (κ3) is 13.2. The van der Waals surface area contributed by atoms with E-state index >= 15 is 0 Å². The average Bonchev–Trinajstić information content (AvgIpc) is 1.37. The molecule has 0 aromatic carbocycles. The van der Waals surface area contributed by atoms with Crippen molar-refractivity contribution in [2.75, 3.05) is 0 Å². The molecule has 0 unspecified atom stereocenters. The van der Waals surface area contributed by atoms with E-state index in [1.165, 1.54) is 0 Å². The number of rotatable bonds is 1. The van der Waals surface area contributed by atoms with Crippen molar-refractivity contribution in [3.05, 3.63) is 12.7 Å². The molecule has 0 nitrogen and oxygen atoms in total. The van der Waals surface area contributed by atoms with Crippen molar-refractivity contribution in [2.45, 2.75) is 13.3 Å². The predicted molar refractivity (Wildman–Crippen MR) is 19.2 cm³/mol. The molecule has 0 atom stereocenters. The zero-order valence-corrected chi connectivity index (χ0v) is 3.86. The molecule has 0 heterocycles. The van der Waals surface area contributed by atoms with Gasteiger partial charge in [-0.1, -0.05) is 13.3 Å².